The molecule has 0 heterocycles. The molecule has 1 N–H and O–H groups in total. The summed E-state index contributed by atoms with van der Waals surface area (Å²) in [5.74, 6) is -0.150. The predicted molar refractivity (Wildman–Crippen MR) is 59.6 cm³/mol. The van der Waals surface area contributed by atoms with Crippen LogP contribution in [-0.2, 0) is 9.53 Å². The van der Waals surface area contributed by atoms with Gasteiger partial charge in [-0.1, -0.05) is 6.42 Å². The minimum Gasteiger partial charge on any atom is -0.465 e. The summed E-state index contributed by atoms with van der Waals surface area (Å²) in [7, 11) is 0. The molecule has 0 spiro atoms. The Bertz CT molecular complexity index is 187. The summed E-state index contributed by atoms with van der Waals surface area (Å²) >= 11 is 1.91. The summed E-state index contributed by atoms with van der Waals surface area (Å²) in [4.78, 5) is 11.0. The summed E-state index contributed by atoms with van der Waals surface area (Å²) in [5.41, 5.74) is 0. The molecule has 0 atom stereocenters. The number of carbonyl (C=O) groups excluding carboxylic acids is 1. The molecule has 1 aliphatic carbocycles. The zero-order chi connectivity index (χ0) is 10.4. The summed E-state index contributed by atoms with van der Waals surface area (Å²) in [5, 5.41) is 3.17. The van der Waals surface area contributed by atoms with Crippen molar-refractivity contribution in [2.75, 3.05) is 26.0 Å². The zero-order valence-electron chi connectivity index (χ0n) is 8.97. The van der Waals surface area contributed by atoms with Gasteiger partial charge < -0.3 is 10.1 Å². The summed E-state index contributed by atoms with van der Waals surface area (Å²) in [6, 6.07) is 0. The van der Waals surface area contributed by atoms with E-state index in [2.05, 4.69) is 11.6 Å². The van der Waals surface area contributed by atoms with Gasteiger partial charge in [0.05, 0.1) is 13.2 Å². The molecule has 1 fully saturated rings. The lowest BCUT2D eigenvalue weighted by molar-refractivity contribution is -0.142. The first-order chi connectivity index (χ1) is 6.72. The summed E-state index contributed by atoms with van der Waals surface area (Å²) in [6.07, 6.45) is 6.00. The van der Waals surface area contributed by atoms with Crippen molar-refractivity contribution in [1.29, 1.82) is 0 Å². The van der Waals surface area contributed by atoms with Gasteiger partial charge in [-0.05, 0) is 26.0 Å². The Morgan fingerprint density at radius 3 is 2.71 bits per heavy atom. The third-order valence-corrected chi connectivity index (χ3v) is 4.14. The normalized spacial score (nSPS) is 18.7. The van der Waals surface area contributed by atoms with Crippen molar-refractivity contribution < 1.29 is 9.53 Å². The summed E-state index contributed by atoms with van der Waals surface area (Å²) in [6.45, 7) is 3.56. The minimum absolute atomic E-state index is 0.150. The van der Waals surface area contributed by atoms with E-state index in [-0.39, 0.29) is 5.97 Å². The van der Waals surface area contributed by atoms with Gasteiger partial charge in [0, 0.05) is 11.3 Å². The van der Waals surface area contributed by atoms with Crippen molar-refractivity contribution in [3.8, 4) is 0 Å². The van der Waals surface area contributed by atoms with E-state index in [1.165, 1.54) is 19.3 Å². The SMILES string of the molecule is CCOC(=O)CNCC1(SC)CCC1. The van der Waals surface area contributed by atoms with Crippen LogP contribution in [0.3, 0.4) is 0 Å². The number of thioether (sulfide) groups is 1. The highest BCUT2D eigenvalue weighted by atomic mass is 32.2. The molecular weight excluding hydrogens is 198 g/mol. The molecule has 82 valence electrons. The number of carbonyl (C=O) groups is 1. The Balaban J connectivity index is 2.11. The molecule has 0 saturated heterocycles. The van der Waals surface area contributed by atoms with Gasteiger partial charge in [-0.2, -0.15) is 11.8 Å². The average molecular weight is 217 g/mol. The van der Waals surface area contributed by atoms with Crippen LogP contribution in [0.5, 0.6) is 0 Å². The van der Waals surface area contributed by atoms with Crippen molar-refractivity contribution in [3.05, 3.63) is 0 Å². The lowest BCUT2D eigenvalue weighted by Gasteiger charge is -2.40. The van der Waals surface area contributed by atoms with E-state index in [0.717, 1.165) is 6.54 Å². The highest BCUT2D eigenvalue weighted by molar-refractivity contribution is 8.00. The molecule has 4 heteroatoms. The number of ether oxygens (including phenoxy) is 1. The van der Waals surface area contributed by atoms with E-state index >= 15 is 0 Å². The highest BCUT2D eigenvalue weighted by Gasteiger charge is 2.35. The standard InChI is InChI=1S/C10H19NO2S/c1-3-13-9(12)7-11-8-10(14-2)5-4-6-10/h11H,3-8H2,1-2H3. The molecule has 14 heavy (non-hydrogen) atoms. The van der Waals surface area contributed by atoms with Gasteiger partial charge in [0.25, 0.3) is 0 Å². The molecule has 1 saturated carbocycles. The third kappa shape index (κ3) is 3.17. The Hall–Kier alpha value is -0.220. The van der Waals surface area contributed by atoms with Gasteiger partial charge in [0.2, 0.25) is 0 Å². The topological polar surface area (TPSA) is 38.3 Å². The van der Waals surface area contributed by atoms with Gasteiger partial charge in [-0.3, -0.25) is 4.79 Å². The Morgan fingerprint density at radius 2 is 2.29 bits per heavy atom. The van der Waals surface area contributed by atoms with Crippen molar-refractivity contribution in [1.82, 2.24) is 5.32 Å². The maximum Gasteiger partial charge on any atom is 0.319 e. The third-order valence-electron chi connectivity index (χ3n) is 2.72. The zero-order valence-corrected chi connectivity index (χ0v) is 9.78. The van der Waals surface area contributed by atoms with Crippen molar-refractivity contribution in [3.63, 3.8) is 0 Å². The molecule has 1 rings (SSSR count). The molecule has 0 aromatic heterocycles. The van der Waals surface area contributed by atoms with E-state index in [1.54, 1.807) is 0 Å². The van der Waals surface area contributed by atoms with Crippen LogP contribution >= 0.6 is 11.8 Å². The van der Waals surface area contributed by atoms with Gasteiger partial charge in [0.15, 0.2) is 0 Å². The second kappa shape index (κ2) is 5.61. The van der Waals surface area contributed by atoms with Crippen LogP contribution in [-0.4, -0.2) is 36.7 Å². The maximum atomic E-state index is 11.0. The van der Waals surface area contributed by atoms with E-state index in [0.29, 0.717) is 17.9 Å². The Kier molecular flexibility index (Phi) is 4.75. The van der Waals surface area contributed by atoms with Gasteiger partial charge in [-0.15, -0.1) is 0 Å². The molecule has 0 aromatic rings. The van der Waals surface area contributed by atoms with Crippen LogP contribution in [0.15, 0.2) is 0 Å². The van der Waals surface area contributed by atoms with Crippen LogP contribution in [0.2, 0.25) is 0 Å². The molecular formula is C10H19NO2S. The fourth-order valence-electron chi connectivity index (χ4n) is 1.63. The molecule has 0 unspecified atom stereocenters. The van der Waals surface area contributed by atoms with E-state index in [9.17, 15) is 4.79 Å². The van der Waals surface area contributed by atoms with Gasteiger partial charge in [0.1, 0.15) is 0 Å². The first kappa shape index (κ1) is 11.9. The molecule has 0 aliphatic heterocycles. The Labute approximate surface area is 90.0 Å². The molecule has 0 aromatic carbocycles. The first-order valence-corrected chi connectivity index (χ1v) is 6.36. The van der Waals surface area contributed by atoms with Crippen LogP contribution < -0.4 is 5.32 Å². The summed E-state index contributed by atoms with van der Waals surface area (Å²) < 4.78 is 5.23. The largest absolute Gasteiger partial charge is 0.465 e. The Morgan fingerprint density at radius 1 is 1.57 bits per heavy atom. The average Bonchev–Trinajstić information content (AvgIpc) is 2.10. The second-order valence-corrected chi connectivity index (χ2v) is 4.92. The van der Waals surface area contributed by atoms with Crippen LogP contribution in [0.4, 0.5) is 0 Å². The monoisotopic (exact) mass is 217 g/mol. The maximum absolute atomic E-state index is 11.0. The smallest absolute Gasteiger partial charge is 0.319 e. The van der Waals surface area contributed by atoms with Crippen molar-refractivity contribution in [2.24, 2.45) is 0 Å². The predicted octanol–water partition coefficient (Wildman–Crippen LogP) is 1.42. The number of hydrogen-bond donors (Lipinski definition) is 1. The number of esters is 1. The molecule has 0 radical (unpaired) electrons. The second-order valence-electron chi connectivity index (χ2n) is 3.65. The van der Waals surface area contributed by atoms with E-state index in [4.69, 9.17) is 4.74 Å². The lowest BCUT2D eigenvalue weighted by atomic mass is 9.84. The van der Waals surface area contributed by atoms with Crippen LogP contribution in [0, 0.1) is 0 Å². The van der Waals surface area contributed by atoms with Crippen molar-refractivity contribution in [2.45, 2.75) is 30.9 Å². The van der Waals surface area contributed by atoms with Gasteiger partial charge >= 0.3 is 5.97 Å². The number of hydrogen-bond acceptors (Lipinski definition) is 4. The molecule has 1 aliphatic rings. The number of rotatable bonds is 6. The number of nitrogens with one attached hydrogen (secondary N) is 1. The van der Waals surface area contributed by atoms with Crippen LogP contribution in [0.25, 0.3) is 0 Å². The van der Waals surface area contributed by atoms with E-state index in [1.807, 2.05) is 18.7 Å². The first-order valence-electron chi connectivity index (χ1n) is 5.14. The van der Waals surface area contributed by atoms with Crippen LogP contribution in [0.1, 0.15) is 26.2 Å². The quantitative estimate of drug-likeness (QED) is 0.683. The minimum atomic E-state index is -0.150. The molecule has 3 nitrogen and oxygen atoms in total. The van der Waals surface area contributed by atoms with E-state index < -0.39 is 0 Å². The lowest BCUT2D eigenvalue weighted by Crippen LogP contribution is -2.44. The fourth-order valence-corrected chi connectivity index (χ4v) is 2.57. The molecule has 0 bridgehead atoms. The fraction of sp³-hybridized carbons (Fsp3) is 0.900. The van der Waals surface area contributed by atoms with Crippen molar-refractivity contribution >= 4 is 17.7 Å². The molecule has 0 amide bonds. The van der Waals surface area contributed by atoms with Gasteiger partial charge in [-0.25, -0.2) is 0 Å². The highest BCUT2D eigenvalue weighted by Crippen LogP contribution is 2.41.